The summed E-state index contributed by atoms with van der Waals surface area (Å²) in [5.41, 5.74) is 0.586. The maximum atomic E-state index is 10.4. The fraction of sp³-hybridized carbons (Fsp3) is 0.600. The van der Waals surface area contributed by atoms with Crippen molar-refractivity contribution in [1.82, 2.24) is 5.32 Å². The zero-order valence-electron chi connectivity index (χ0n) is 11.1. The van der Waals surface area contributed by atoms with Gasteiger partial charge in [0.15, 0.2) is 0 Å². The van der Waals surface area contributed by atoms with E-state index < -0.39 is 5.60 Å². The minimum atomic E-state index is -0.614. The summed E-state index contributed by atoms with van der Waals surface area (Å²) < 4.78 is 5.76. The molecule has 1 aliphatic carbocycles. The van der Waals surface area contributed by atoms with Gasteiger partial charge in [-0.15, -0.1) is 0 Å². The Morgan fingerprint density at radius 3 is 2.78 bits per heavy atom. The molecule has 1 aromatic carbocycles. The summed E-state index contributed by atoms with van der Waals surface area (Å²) in [5.74, 6) is 0.849. The molecule has 0 atom stereocenters. The number of rotatable bonds is 5. The normalized spacial score (nSPS) is 18.6. The van der Waals surface area contributed by atoms with E-state index in [1.165, 1.54) is 12.0 Å². The van der Waals surface area contributed by atoms with Crippen molar-refractivity contribution >= 4 is 0 Å². The highest BCUT2D eigenvalue weighted by Gasteiger charge is 2.29. The predicted molar refractivity (Wildman–Crippen MR) is 72.7 cm³/mol. The van der Waals surface area contributed by atoms with E-state index in [-0.39, 0.29) is 0 Å². The lowest BCUT2D eigenvalue weighted by Gasteiger charge is -2.31. The Kier molecular flexibility index (Phi) is 4.61. The molecule has 3 nitrogen and oxygen atoms in total. The van der Waals surface area contributed by atoms with Crippen LogP contribution in [0.15, 0.2) is 24.3 Å². The molecule has 100 valence electrons. The van der Waals surface area contributed by atoms with Crippen molar-refractivity contribution in [2.24, 2.45) is 0 Å². The molecule has 1 saturated carbocycles. The van der Waals surface area contributed by atoms with Crippen molar-refractivity contribution in [3.05, 3.63) is 29.8 Å². The van der Waals surface area contributed by atoms with Gasteiger partial charge in [0.05, 0.1) is 5.60 Å². The van der Waals surface area contributed by atoms with Crippen molar-refractivity contribution in [3.8, 4) is 5.75 Å². The quantitative estimate of drug-likeness (QED) is 0.842. The molecule has 0 unspecified atom stereocenters. The van der Waals surface area contributed by atoms with Crippen molar-refractivity contribution in [2.75, 3.05) is 13.7 Å². The maximum Gasteiger partial charge on any atom is 0.119 e. The summed E-state index contributed by atoms with van der Waals surface area (Å²) in [6.07, 6.45) is 5.19. The standard InChI is InChI=1S/C15H23NO2/c1-16-11-13-6-5-7-14(10-13)18-12-15(17)8-3-2-4-9-15/h5-7,10,16-17H,2-4,8-9,11-12H2,1H3. The predicted octanol–water partition coefficient (Wildman–Crippen LogP) is 2.48. The third-order valence-corrected chi connectivity index (χ3v) is 3.57. The van der Waals surface area contributed by atoms with Crippen molar-refractivity contribution < 1.29 is 9.84 Å². The molecule has 0 saturated heterocycles. The van der Waals surface area contributed by atoms with E-state index in [1.807, 2.05) is 25.2 Å². The molecule has 18 heavy (non-hydrogen) atoms. The maximum absolute atomic E-state index is 10.4. The molecular formula is C15H23NO2. The van der Waals surface area contributed by atoms with Gasteiger partial charge < -0.3 is 15.2 Å². The lowest BCUT2D eigenvalue weighted by molar-refractivity contribution is -0.0339. The number of aliphatic hydroxyl groups is 1. The van der Waals surface area contributed by atoms with Crippen LogP contribution < -0.4 is 10.1 Å². The summed E-state index contributed by atoms with van der Waals surface area (Å²) in [6.45, 7) is 1.25. The fourth-order valence-corrected chi connectivity index (χ4v) is 2.52. The zero-order valence-corrected chi connectivity index (χ0v) is 11.1. The first-order chi connectivity index (χ1) is 8.72. The van der Waals surface area contributed by atoms with Gasteiger partial charge in [0.25, 0.3) is 0 Å². The van der Waals surface area contributed by atoms with Gasteiger partial charge in [-0.2, -0.15) is 0 Å². The smallest absolute Gasteiger partial charge is 0.119 e. The Hall–Kier alpha value is -1.06. The Bertz CT molecular complexity index is 373. The molecule has 0 spiro atoms. The van der Waals surface area contributed by atoms with Crippen LogP contribution in [0.5, 0.6) is 5.75 Å². The first kappa shape index (κ1) is 13.4. The molecule has 0 bridgehead atoms. The second kappa shape index (κ2) is 6.21. The Morgan fingerprint density at radius 2 is 2.06 bits per heavy atom. The lowest BCUT2D eigenvalue weighted by Crippen LogP contribution is -2.37. The van der Waals surface area contributed by atoms with E-state index in [0.29, 0.717) is 6.61 Å². The summed E-state index contributed by atoms with van der Waals surface area (Å²) in [4.78, 5) is 0. The molecule has 2 rings (SSSR count). The van der Waals surface area contributed by atoms with Gasteiger partial charge in [-0.05, 0) is 37.6 Å². The molecule has 1 aliphatic rings. The lowest BCUT2D eigenvalue weighted by atomic mass is 9.85. The summed E-state index contributed by atoms with van der Waals surface area (Å²) in [6, 6.07) is 8.04. The summed E-state index contributed by atoms with van der Waals surface area (Å²) >= 11 is 0. The van der Waals surface area contributed by atoms with Gasteiger partial charge in [0.2, 0.25) is 0 Å². The molecule has 0 amide bonds. The number of benzene rings is 1. The minimum Gasteiger partial charge on any atom is -0.491 e. The third kappa shape index (κ3) is 3.72. The molecule has 0 heterocycles. The van der Waals surface area contributed by atoms with Crippen LogP contribution in [0.25, 0.3) is 0 Å². The average molecular weight is 249 g/mol. The highest BCUT2D eigenvalue weighted by atomic mass is 16.5. The molecule has 1 fully saturated rings. The Balaban J connectivity index is 1.90. The summed E-state index contributed by atoms with van der Waals surface area (Å²) in [7, 11) is 1.93. The van der Waals surface area contributed by atoms with Gasteiger partial charge in [0.1, 0.15) is 12.4 Å². The Labute approximate surface area is 109 Å². The monoisotopic (exact) mass is 249 g/mol. The molecule has 1 aromatic rings. The molecule has 0 aliphatic heterocycles. The van der Waals surface area contributed by atoms with Gasteiger partial charge in [-0.25, -0.2) is 0 Å². The van der Waals surface area contributed by atoms with Crippen LogP contribution in [0.4, 0.5) is 0 Å². The van der Waals surface area contributed by atoms with E-state index in [4.69, 9.17) is 4.74 Å². The van der Waals surface area contributed by atoms with Crippen LogP contribution in [0, 0.1) is 0 Å². The second-order valence-corrected chi connectivity index (χ2v) is 5.25. The van der Waals surface area contributed by atoms with E-state index in [1.54, 1.807) is 0 Å². The molecule has 0 radical (unpaired) electrons. The molecule has 2 N–H and O–H groups in total. The fourth-order valence-electron chi connectivity index (χ4n) is 2.52. The van der Waals surface area contributed by atoms with Gasteiger partial charge >= 0.3 is 0 Å². The largest absolute Gasteiger partial charge is 0.491 e. The van der Waals surface area contributed by atoms with Gasteiger partial charge in [0, 0.05) is 6.54 Å². The number of hydrogen-bond acceptors (Lipinski definition) is 3. The molecule has 3 heteroatoms. The van der Waals surface area contributed by atoms with E-state index in [0.717, 1.165) is 38.0 Å². The molecule has 0 aromatic heterocycles. The Morgan fingerprint density at radius 1 is 1.28 bits per heavy atom. The van der Waals surface area contributed by atoms with E-state index in [9.17, 15) is 5.11 Å². The first-order valence-electron chi connectivity index (χ1n) is 6.81. The SMILES string of the molecule is CNCc1cccc(OCC2(O)CCCCC2)c1. The zero-order chi connectivity index (χ0) is 12.8. The number of hydrogen-bond donors (Lipinski definition) is 2. The van der Waals surface area contributed by atoms with Crippen LogP contribution in [0.2, 0.25) is 0 Å². The second-order valence-electron chi connectivity index (χ2n) is 5.25. The summed E-state index contributed by atoms with van der Waals surface area (Å²) in [5, 5.41) is 13.5. The molecular weight excluding hydrogens is 226 g/mol. The topological polar surface area (TPSA) is 41.5 Å². The van der Waals surface area contributed by atoms with Crippen molar-refractivity contribution in [1.29, 1.82) is 0 Å². The first-order valence-corrected chi connectivity index (χ1v) is 6.81. The van der Waals surface area contributed by atoms with Crippen molar-refractivity contribution in [3.63, 3.8) is 0 Å². The van der Waals surface area contributed by atoms with Crippen LogP contribution in [0.3, 0.4) is 0 Å². The van der Waals surface area contributed by atoms with Gasteiger partial charge in [-0.1, -0.05) is 31.4 Å². The van der Waals surface area contributed by atoms with Crippen LogP contribution in [-0.4, -0.2) is 24.4 Å². The van der Waals surface area contributed by atoms with Gasteiger partial charge in [-0.3, -0.25) is 0 Å². The highest BCUT2D eigenvalue weighted by molar-refractivity contribution is 5.28. The minimum absolute atomic E-state index is 0.413. The van der Waals surface area contributed by atoms with E-state index >= 15 is 0 Å². The number of ether oxygens (including phenoxy) is 1. The number of nitrogens with one attached hydrogen (secondary N) is 1. The van der Waals surface area contributed by atoms with Crippen molar-refractivity contribution in [2.45, 2.75) is 44.2 Å². The third-order valence-electron chi connectivity index (χ3n) is 3.57. The highest BCUT2D eigenvalue weighted by Crippen LogP contribution is 2.28. The average Bonchev–Trinajstić information content (AvgIpc) is 2.38. The van der Waals surface area contributed by atoms with Crippen LogP contribution in [-0.2, 0) is 6.54 Å². The van der Waals surface area contributed by atoms with E-state index in [2.05, 4.69) is 11.4 Å². The van der Waals surface area contributed by atoms with Crippen LogP contribution >= 0.6 is 0 Å². The van der Waals surface area contributed by atoms with Crippen LogP contribution in [0.1, 0.15) is 37.7 Å².